The Kier molecular flexibility index (Phi) is 3.61. The van der Waals surface area contributed by atoms with E-state index in [1.54, 1.807) is 0 Å². The second kappa shape index (κ2) is 5.40. The molecule has 0 saturated carbocycles. The second-order valence-corrected chi connectivity index (χ2v) is 5.68. The van der Waals surface area contributed by atoms with Crippen LogP contribution in [0.3, 0.4) is 0 Å². The minimum Gasteiger partial charge on any atom is -0.366 e. The molecule has 3 heterocycles. The number of aromatic nitrogens is 1. The van der Waals surface area contributed by atoms with Crippen molar-refractivity contribution in [3.05, 3.63) is 24.0 Å². The van der Waals surface area contributed by atoms with Gasteiger partial charge >= 0.3 is 0 Å². The minimum atomic E-state index is 0.0216. The number of hydrogen-bond donors (Lipinski definition) is 1. The van der Waals surface area contributed by atoms with Crippen LogP contribution in [0.15, 0.2) is 18.3 Å². The van der Waals surface area contributed by atoms with Crippen LogP contribution in [0.25, 0.3) is 0 Å². The van der Waals surface area contributed by atoms with Crippen molar-refractivity contribution in [2.24, 2.45) is 5.73 Å². The number of pyridine rings is 1. The molecule has 0 aromatic carbocycles. The van der Waals surface area contributed by atoms with Crippen molar-refractivity contribution in [2.45, 2.75) is 38.3 Å². The normalized spacial score (nSPS) is 23.9. The van der Waals surface area contributed by atoms with Gasteiger partial charge < -0.3 is 15.5 Å². The highest BCUT2D eigenvalue weighted by Gasteiger charge is 2.35. The number of amides is 1. The largest absolute Gasteiger partial charge is 0.366 e. The summed E-state index contributed by atoms with van der Waals surface area (Å²) in [7, 11) is 0. The highest BCUT2D eigenvalue weighted by Crippen LogP contribution is 2.26. The van der Waals surface area contributed by atoms with Gasteiger partial charge in [-0.3, -0.25) is 9.78 Å². The van der Waals surface area contributed by atoms with Gasteiger partial charge in [0.15, 0.2) is 0 Å². The van der Waals surface area contributed by atoms with E-state index in [0.717, 1.165) is 43.9 Å². The van der Waals surface area contributed by atoms with Crippen LogP contribution in [0.5, 0.6) is 0 Å². The van der Waals surface area contributed by atoms with E-state index in [0.29, 0.717) is 18.4 Å². The Morgan fingerprint density at radius 3 is 3.00 bits per heavy atom. The zero-order valence-corrected chi connectivity index (χ0v) is 12.0. The predicted octanol–water partition coefficient (Wildman–Crippen LogP) is 1.30. The molecule has 1 amide bonds. The first-order chi connectivity index (χ1) is 9.69. The first-order valence-corrected chi connectivity index (χ1v) is 7.45. The fourth-order valence-corrected chi connectivity index (χ4v) is 3.11. The molecule has 108 valence electrons. The number of nitrogens with zero attached hydrogens (tertiary/aromatic N) is 3. The molecule has 2 fully saturated rings. The molecule has 1 unspecified atom stereocenters. The first kappa shape index (κ1) is 13.4. The maximum absolute atomic E-state index is 11.7. The topological polar surface area (TPSA) is 62.5 Å². The second-order valence-electron chi connectivity index (χ2n) is 5.68. The minimum absolute atomic E-state index is 0.0216. The summed E-state index contributed by atoms with van der Waals surface area (Å²) in [6, 6.07) is 4.53. The number of anilines is 1. The lowest BCUT2D eigenvalue weighted by Gasteiger charge is -2.38. The molecule has 2 N–H and O–H groups in total. The van der Waals surface area contributed by atoms with E-state index >= 15 is 0 Å². The van der Waals surface area contributed by atoms with Crippen LogP contribution in [0, 0.1) is 0 Å². The Labute approximate surface area is 119 Å². The fraction of sp³-hybridized carbons (Fsp3) is 0.600. The summed E-state index contributed by atoms with van der Waals surface area (Å²) >= 11 is 0. The molecule has 0 radical (unpaired) electrons. The van der Waals surface area contributed by atoms with Gasteiger partial charge in [0.25, 0.3) is 0 Å². The van der Waals surface area contributed by atoms with Gasteiger partial charge in [-0.25, -0.2) is 0 Å². The van der Waals surface area contributed by atoms with Crippen molar-refractivity contribution < 1.29 is 4.79 Å². The third-order valence-corrected chi connectivity index (χ3v) is 4.45. The van der Waals surface area contributed by atoms with E-state index in [2.05, 4.69) is 22.9 Å². The van der Waals surface area contributed by atoms with Gasteiger partial charge in [-0.15, -0.1) is 0 Å². The maximum atomic E-state index is 11.7. The number of carbonyl (C=O) groups is 1. The Bertz CT molecular complexity index is 487. The molecule has 0 aliphatic carbocycles. The van der Waals surface area contributed by atoms with Crippen LogP contribution in [0.4, 0.5) is 5.69 Å². The van der Waals surface area contributed by atoms with Crippen LogP contribution >= 0.6 is 0 Å². The van der Waals surface area contributed by atoms with Gasteiger partial charge in [0, 0.05) is 38.1 Å². The Morgan fingerprint density at radius 1 is 1.45 bits per heavy atom. The van der Waals surface area contributed by atoms with E-state index in [4.69, 9.17) is 5.73 Å². The summed E-state index contributed by atoms with van der Waals surface area (Å²) in [6.07, 6.45) is 4.51. The van der Waals surface area contributed by atoms with Crippen LogP contribution in [-0.2, 0) is 4.79 Å². The van der Waals surface area contributed by atoms with E-state index in [1.807, 2.05) is 17.2 Å². The summed E-state index contributed by atoms with van der Waals surface area (Å²) in [4.78, 5) is 20.5. The third-order valence-electron chi connectivity index (χ3n) is 4.45. The molecular weight excluding hydrogens is 252 g/mol. The van der Waals surface area contributed by atoms with Crippen molar-refractivity contribution in [3.63, 3.8) is 0 Å². The van der Waals surface area contributed by atoms with Crippen molar-refractivity contribution in [2.75, 3.05) is 24.5 Å². The lowest BCUT2D eigenvalue weighted by atomic mass is 10.1. The zero-order valence-electron chi connectivity index (χ0n) is 12.0. The van der Waals surface area contributed by atoms with Crippen molar-refractivity contribution in [1.82, 2.24) is 9.88 Å². The highest BCUT2D eigenvalue weighted by molar-refractivity contribution is 5.79. The summed E-state index contributed by atoms with van der Waals surface area (Å²) in [5.41, 5.74) is 8.07. The molecule has 0 bridgehead atoms. The summed E-state index contributed by atoms with van der Waals surface area (Å²) in [5, 5.41) is 0. The van der Waals surface area contributed by atoms with E-state index in [9.17, 15) is 4.79 Å². The lowest BCUT2D eigenvalue weighted by Crippen LogP contribution is -2.51. The van der Waals surface area contributed by atoms with Crippen molar-refractivity contribution >= 4 is 11.6 Å². The Morgan fingerprint density at radius 2 is 2.30 bits per heavy atom. The quantitative estimate of drug-likeness (QED) is 0.902. The highest BCUT2D eigenvalue weighted by atomic mass is 16.2. The van der Waals surface area contributed by atoms with Gasteiger partial charge in [-0.2, -0.15) is 0 Å². The van der Waals surface area contributed by atoms with E-state index in [1.165, 1.54) is 0 Å². The lowest BCUT2D eigenvalue weighted by molar-refractivity contribution is -0.129. The SMILES string of the molecule is CC[C@H](N)c1ccc(N2CCN3C(=O)CCC3C2)cn1. The van der Waals surface area contributed by atoms with Crippen molar-refractivity contribution in [1.29, 1.82) is 0 Å². The number of rotatable bonds is 3. The van der Waals surface area contributed by atoms with E-state index in [-0.39, 0.29) is 6.04 Å². The molecule has 1 aromatic heterocycles. The maximum Gasteiger partial charge on any atom is 0.223 e. The Balaban J connectivity index is 1.69. The molecular formula is C15H22N4O. The molecule has 2 aliphatic rings. The van der Waals surface area contributed by atoms with Crippen LogP contribution in [-0.4, -0.2) is 41.5 Å². The number of fused-ring (bicyclic) bond motifs is 1. The number of carbonyl (C=O) groups excluding carboxylic acids is 1. The van der Waals surface area contributed by atoms with Gasteiger partial charge in [0.1, 0.15) is 0 Å². The standard InChI is InChI=1S/C15H22N4O/c1-2-13(16)14-5-3-11(9-17-14)18-7-8-19-12(10-18)4-6-15(19)20/h3,5,9,12-13H,2,4,6-8,10,16H2,1H3/t12?,13-/m0/s1. The van der Waals surface area contributed by atoms with Crippen LogP contribution < -0.4 is 10.6 Å². The molecule has 1 aromatic rings. The van der Waals surface area contributed by atoms with Crippen LogP contribution in [0.1, 0.15) is 37.9 Å². The molecule has 5 heteroatoms. The van der Waals surface area contributed by atoms with Crippen molar-refractivity contribution in [3.8, 4) is 0 Å². The summed E-state index contributed by atoms with van der Waals surface area (Å²) in [6.45, 7) is 4.71. The predicted molar refractivity (Wildman–Crippen MR) is 78.4 cm³/mol. The molecule has 2 atom stereocenters. The molecule has 2 saturated heterocycles. The zero-order chi connectivity index (χ0) is 14.1. The van der Waals surface area contributed by atoms with E-state index < -0.39 is 0 Å². The molecule has 20 heavy (non-hydrogen) atoms. The van der Waals surface area contributed by atoms with Gasteiger partial charge in [0.05, 0.1) is 17.6 Å². The van der Waals surface area contributed by atoms with Crippen LogP contribution in [0.2, 0.25) is 0 Å². The first-order valence-electron chi connectivity index (χ1n) is 7.45. The number of nitrogens with two attached hydrogens (primary N) is 1. The Hall–Kier alpha value is -1.62. The average molecular weight is 274 g/mol. The summed E-state index contributed by atoms with van der Waals surface area (Å²) in [5.74, 6) is 0.317. The number of piperazine rings is 1. The van der Waals surface area contributed by atoms with Gasteiger partial charge in [-0.1, -0.05) is 6.92 Å². The third kappa shape index (κ3) is 2.38. The fourth-order valence-electron chi connectivity index (χ4n) is 3.11. The summed E-state index contributed by atoms with van der Waals surface area (Å²) < 4.78 is 0. The molecule has 3 rings (SSSR count). The smallest absolute Gasteiger partial charge is 0.223 e. The molecule has 5 nitrogen and oxygen atoms in total. The molecule has 0 spiro atoms. The number of hydrogen-bond acceptors (Lipinski definition) is 4. The van der Waals surface area contributed by atoms with Gasteiger partial charge in [-0.05, 0) is 25.0 Å². The average Bonchev–Trinajstić information content (AvgIpc) is 2.87. The van der Waals surface area contributed by atoms with Gasteiger partial charge in [0.2, 0.25) is 5.91 Å². The monoisotopic (exact) mass is 274 g/mol. The molecule has 2 aliphatic heterocycles.